The highest BCUT2D eigenvalue weighted by Gasteiger charge is 2.38. The highest BCUT2D eigenvalue weighted by molar-refractivity contribution is 6.30. The van der Waals surface area contributed by atoms with E-state index in [1.807, 2.05) is 0 Å². The third-order valence-corrected chi connectivity index (χ3v) is 3.14. The minimum absolute atomic E-state index is 0.0000737. The summed E-state index contributed by atoms with van der Waals surface area (Å²) in [5.74, 6) is 0. The molecular formula is C12H15ClF3NO. The van der Waals surface area contributed by atoms with Crippen molar-refractivity contribution < 1.29 is 18.3 Å². The maximum Gasteiger partial charge on any atom is 0.416 e. The lowest BCUT2D eigenvalue weighted by molar-refractivity contribution is -0.138. The van der Waals surface area contributed by atoms with Crippen molar-refractivity contribution in [2.75, 3.05) is 6.61 Å². The van der Waals surface area contributed by atoms with E-state index in [2.05, 4.69) is 0 Å². The molecule has 0 radical (unpaired) electrons. The van der Waals surface area contributed by atoms with Crippen LogP contribution in [0.25, 0.3) is 0 Å². The summed E-state index contributed by atoms with van der Waals surface area (Å²) in [5.41, 5.74) is 4.05. The van der Waals surface area contributed by atoms with Crippen molar-refractivity contribution in [1.82, 2.24) is 0 Å². The summed E-state index contributed by atoms with van der Waals surface area (Å²) in [6, 6.07) is 2.54. The molecular weight excluding hydrogens is 267 g/mol. The molecule has 0 aliphatic rings. The molecule has 0 unspecified atom stereocenters. The lowest BCUT2D eigenvalue weighted by atomic mass is 9.80. The second-order valence-electron chi connectivity index (χ2n) is 4.85. The van der Waals surface area contributed by atoms with Gasteiger partial charge in [-0.05, 0) is 17.7 Å². The van der Waals surface area contributed by atoms with Crippen molar-refractivity contribution in [1.29, 1.82) is 0 Å². The van der Waals surface area contributed by atoms with Crippen molar-refractivity contribution in [3.63, 3.8) is 0 Å². The van der Waals surface area contributed by atoms with E-state index < -0.39 is 23.2 Å². The molecule has 18 heavy (non-hydrogen) atoms. The van der Waals surface area contributed by atoms with Crippen molar-refractivity contribution in [2.24, 2.45) is 11.1 Å². The van der Waals surface area contributed by atoms with Crippen molar-refractivity contribution in [3.8, 4) is 0 Å². The molecule has 0 fully saturated rings. The van der Waals surface area contributed by atoms with E-state index in [0.717, 1.165) is 6.07 Å². The van der Waals surface area contributed by atoms with Crippen molar-refractivity contribution >= 4 is 11.6 Å². The number of hydrogen-bond donors (Lipinski definition) is 2. The number of hydrogen-bond acceptors (Lipinski definition) is 2. The second kappa shape index (κ2) is 5.07. The van der Waals surface area contributed by atoms with Gasteiger partial charge in [0.2, 0.25) is 0 Å². The maximum absolute atomic E-state index is 12.9. The molecule has 1 aromatic carbocycles. The Kier molecular flexibility index (Phi) is 4.30. The van der Waals surface area contributed by atoms with Crippen LogP contribution in [0.5, 0.6) is 0 Å². The van der Waals surface area contributed by atoms with Gasteiger partial charge in [0, 0.05) is 23.1 Å². The number of nitrogens with two attached hydrogens (primary N) is 1. The minimum Gasteiger partial charge on any atom is -0.396 e. The van der Waals surface area contributed by atoms with E-state index in [-0.39, 0.29) is 17.2 Å². The van der Waals surface area contributed by atoms with Crippen molar-refractivity contribution in [3.05, 3.63) is 34.3 Å². The van der Waals surface area contributed by atoms with Crippen LogP contribution in [0.4, 0.5) is 13.2 Å². The van der Waals surface area contributed by atoms with Gasteiger partial charge in [-0.25, -0.2) is 0 Å². The van der Waals surface area contributed by atoms with Crippen LogP contribution in [-0.4, -0.2) is 11.7 Å². The molecule has 0 saturated heterocycles. The highest BCUT2D eigenvalue weighted by Crippen LogP contribution is 2.40. The van der Waals surface area contributed by atoms with Crippen LogP contribution in [0.1, 0.15) is 31.0 Å². The lowest BCUT2D eigenvalue weighted by Crippen LogP contribution is -2.34. The fourth-order valence-electron chi connectivity index (χ4n) is 1.56. The number of alkyl halides is 3. The van der Waals surface area contributed by atoms with Crippen LogP contribution in [0.15, 0.2) is 18.2 Å². The van der Waals surface area contributed by atoms with E-state index >= 15 is 0 Å². The normalized spacial score (nSPS) is 14.7. The molecule has 1 rings (SSSR count). The van der Waals surface area contributed by atoms with Gasteiger partial charge in [-0.1, -0.05) is 31.5 Å². The van der Waals surface area contributed by atoms with Crippen LogP contribution in [0, 0.1) is 5.41 Å². The molecule has 0 aromatic heterocycles. The van der Waals surface area contributed by atoms with Gasteiger partial charge in [-0.3, -0.25) is 0 Å². The monoisotopic (exact) mass is 281 g/mol. The first-order chi connectivity index (χ1) is 8.09. The average Bonchev–Trinajstić information content (AvgIpc) is 2.27. The Morgan fingerprint density at radius 1 is 1.33 bits per heavy atom. The Labute approximate surface area is 109 Å². The van der Waals surface area contributed by atoms with Crippen LogP contribution >= 0.6 is 11.6 Å². The quantitative estimate of drug-likeness (QED) is 0.892. The average molecular weight is 282 g/mol. The van der Waals surface area contributed by atoms with Gasteiger partial charge in [-0.2, -0.15) is 13.2 Å². The molecule has 102 valence electrons. The Balaban J connectivity index is 3.33. The SMILES string of the molecule is CC(C)(CO)[C@@H](N)c1ccc(Cl)cc1C(F)(F)F. The fourth-order valence-corrected chi connectivity index (χ4v) is 1.74. The van der Waals surface area contributed by atoms with Gasteiger partial charge in [0.1, 0.15) is 0 Å². The molecule has 2 nitrogen and oxygen atoms in total. The largest absolute Gasteiger partial charge is 0.416 e. The summed E-state index contributed by atoms with van der Waals surface area (Å²) in [6.45, 7) is 2.90. The van der Waals surface area contributed by atoms with Crippen LogP contribution in [0.2, 0.25) is 5.02 Å². The zero-order valence-corrected chi connectivity index (χ0v) is 10.8. The van der Waals surface area contributed by atoms with Gasteiger partial charge in [0.05, 0.1) is 5.56 Å². The summed E-state index contributed by atoms with van der Waals surface area (Å²) in [4.78, 5) is 0. The second-order valence-corrected chi connectivity index (χ2v) is 5.29. The van der Waals surface area contributed by atoms with Gasteiger partial charge in [-0.15, -0.1) is 0 Å². The predicted molar refractivity (Wildman–Crippen MR) is 64.2 cm³/mol. The first-order valence-corrected chi connectivity index (χ1v) is 5.70. The Hall–Kier alpha value is -0.780. The summed E-state index contributed by atoms with van der Waals surface area (Å²) in [6.07, 6.45) is -4.52. The molecule has 0 heterocycles. The smallest absolute Gasteiger partial charge is 0.396 e. The van der Waals surface area contributed by atoms with E-state index in [4.69, 9.17) is 17.3 Å². The fraction of sp³-hybridized carbons (Fsp3) is 0.500. The maximum atomic E-state index is 12.9. The molecule has 3 N–H and O–H groups in total. The zero-order valence-electron chi connectivity index (χ0n) is 10.1. The molecule has 0 saturated carbocycles. The highest BCUT2D eigenvalue weighted by atomic mass is 35.5. The summed E-state index contributed by atoms with van der Waals surface area (Å²) >= 11 is 5.59. The molecule has 0 aliphatic heterocycles. The van der Waals surface area contributed by atoms with Gasteiger partial charge < -0.3 is 10.8 Å². The molecule has 6 heteroatoms. The molecule has 0 amide bonds. The van der Waals surface area contributed by atoms with Crippen molar-refractivity contribution in [2.45, 2.75) is 26.1 Å². The third kappa shape index (κ3) is 3.16. The lowest BCUT2D eigenvalue weighted by Gasteiger charge is -2.31. The number of aliphatic hydroxyl groups is 1. The predicted octanol–water partition coefficient (Wildman–Crippen LogP) is 3.38. The molecule has 1 atom stereocenters. The third-order valence-electron chi connectivity index (χ3n) is 2.91. The standard InChI is InChI=1S/C12H15ClF3NO/c1-11(2,6-18)10(17)8-4-3-7(13)5-9(8)12(14,15)16/h3-5,10,18H,6,17H2,1-2H3/t10-/m0/s1. The van der Waals surface area contributed by atoms with E-state index in [1.54, 1.807) is 13.8 Å². The molecule has 0 bridgehead atoms. The number of benzene rings is 1. The Morgan fingerprint density at radius 3 is 2.33 bits per heavy atom. The Morgan fingerprint density at radius 2 is 1.89 bits per heavy atom. The Bertz CT molecular complexity index is 432. The molecule has 0 aliphatic carbocycles. The summed E-state index contributed by atoms with van der Waals surface area (Å²) < 4.78 is 38.7. The van der Waals surface area contributed by atoms with Gasteiger partial charge >= 0.3 is 6.18 Å². The summed E-state index contributed by atoms with van der Waals surface area (Å²) in [5, 5.41) is 9.19. The van der Waals surface area contributed by atoms with E-state index in [1.165, 1.54) is 12.1 Å². The molecule has 1 aromatic rings. The van der Waals surface area contributed by atoms with Gasteiger partial charge in [0.15, 0.2) is 0 Å². The van der Waals surface area contributed by atoms with E-state index in [9.17, 15) is 18.3 Å². The number of halogens is 4. The van der Waals surface area contributed by atoms with E-state index in [0.29, 0.717) is 0 Å². The topological polar surface area (TPSA) is 46.2 Å². The zero-order chi connectivity index (χ0) is 14.1. The first-order valence-electron chi connectivity index (χ1n) is 5.32. The van der Waals surface area contributed by atoms with Gasteiger partial charge in [0.25, 0.3) is 0 Å². The van der Waals surface area contributed by atoms with Crippen LogP contribution in [-0.2, 0) is 6.18 Å². The number of rotatable bonds is 3. The first kappa shape index (κ1) is 15.3. The molecule has 0 spiro atoms. The minimum atomic E-state index is -4.52. The number of aliphatic hydroxyl groups excluding tert-OH is 1. The van der Waals surface area contributed by atoms with Crippen LogP contribution < -0.4 is 5.73 Å². The summed E-state index contributed by atoms with van der Waals surface area (Å²) in [7, 11) is 0. The van der Waals surface area contributed by atoms with Crippen LogP contribution in [0.3, 0.4) is 0 Å².